The predicted molar refractivity (Wildman–Crippen MR) is 125 cm³/mol. The number of esters is 3. The first-order valence-corrected chi connectivity index (χ1v) is 13.1. The molecule has 10 nitrogen and oxygen atoms in total. The van der Waals surface area contributed by atoms with Crippen LogP contribution in [0.3, 0.4) is 0 Å². The Morgan fingerprint density at radius 2 is 1.68 bits per heavy atom. The molecule has 0 radical (unpaired) electrons. The van der Waals surface area contributed by atoms with Crippen molar-refractivity contribution in [1.29, 1.82) is 0 Å². The van der Waals surface area contributed by atoms with Crippen molar-refractivity contribution in [3.05, 3.63) is 24.3 Å². The highest BCUT2D eigenvalue weighted by molar-refractivity contribution is 5.84. The van der Waals surface area contributed by atoms with Gasteiger partial charge in [-0.2, -0.15) is 0 Å². The monoisotopic (exact) mass is 518 g/mol. The van der Waals surface area contributed by atoms with Gasteiger partial charge in [0.05, 0.1) is 36.4 Å². The molecule has 0 amide bonds. The fraction of sp³-hybridized carbons (Fsp3) is 0.741. The quantitative estimate of drug-likeness (QED) is 0.285. The first-order chi connectivity index (χ1) is 17.6. The minimum absolute atomic E-state index is 0.0217. The van der Waals surface area contributed by atoms with Crippen LogP contribution in [0.15, 0.2) is 24.3 Å². The molecule has 1 N–H and O–H groups in total. The molecule has 2 aliphatic carbocycles. The van der Waals surface area contributed by atoms with E-state index in [9.17, 15) is 19.5 Å². The average molecular weight is 519 g/mol. The van der Waals surface area contributed by atoms with Crippen molar-refractivity contribution in [2.75, 3.05) is 19.8 Å². The van der Waals surface area contributed by atoms with Crippen molar-refractivity contribution in [2.24, 2.45) is 16.7 Å². The number of carbonyl (C=O) groups is 3. The largest absolute Gasteiger partial charge is 0.463 e. The Balaban J connectivity index is 1.37. The number of hydrogen-bond donors (Lipinski definition) is 1. The van der Waals surface area contributed by atoms with Gasteiger partial charge < -0.3 is 33.5 Å². The molecular weight excluding hydrogens is 484 g/mol. The van der Waals surface area contributed by atoms with Gasteiger partial charge >= 0.3 is 17.9 Å². The summed E-state index contributed by atoms with van der Waals surface area (Å²) in [5.74, 6) is -2.38. The first kappa shape index (κ1) is 25.0. The van der Waals surface area contributed by atoms with Crippen LogP contribution in [-0.2, 0) is 42.8 Å². The van der Waals surface area contributed by atoms with E-state index in [1.165, 1.54) is 24.3 Å². The highest BCUT2D eigenvalue weighted by Crippen LogP contribution is 2.75. The SMILES string of the molecule is CC1CCOC(=O)/C=C/C=CC(=O)OC2CC3OC4C5OC5(C)CCC4(COC(=O)C1O)C2(C)C31CO1. The van der Waals surface area contributed by atoms with Crippen molar-refractivity contribution in [3.8, 4) is 0 Å². The number of ether oxygens (including phenoxy) is 6. The Labute approximate surface area is 215 Å². The van der Waals surface area contributed by atoms with Gasteiger partial charge in [-0.05, 0) is 32.1 Å². The highest BCUT2D eigenvalue weighted by atomic mass is 16.7. The second-order valence-electron chi connectivity index (χ2n) is 11.8. The second kappa shape index (κ2) is 8.36. The van der Waals surface area contributed by atoms with E-state index in [0.717, 1.165) is 6.42 Å². The predicted octanol–water partition coefficient (Wildman–Crippen LogP) is 1.38. The second-order valence-corrected chi connectivity index (χ2v) is 11.8. The maximum Gasteiger partial charge on any atom is 0.335 e. The van der Waals surface area contributed by atoms with Gasteiger partial charge in [0.1, 0.15) is 24.4 Å². The molecule has 4 aliphatic heterocycles. The number of cyclic esters (lactones) is 2. The van der Waals surface area contributed by atoms with Gasteiger partial charge in [-0.15, -0.1) is 0 Å². The molecule has 5 fully saturated rings. The van der Waals surface area contributed by atoms with Crippen LogP contribution >= 0.6 is 0 Å². The van der Waals surface area contributed by atoms with Gasteiger partial charge in [0, 0.05) is 24.0 Å². The fourth-order valence-electron chi connectivity index (χ4n) is 7.36. The zero-order valence-corrected chi connectivity index (χ0v) is 21.3. The number of hydrogen-bond acceptors (Lipinski definition) is 10. The van der Waals surface area contributed by atoms with E-state index in [1.54, 1.807) is 6.92 Å². The maximum absolute atomic E-state index is 13.0. The Morgan fingerprint density at radius 1 is 0.946 bits per heavy atom. The summed E-state index contributed by atoms with van der Waals surface area (Å²) in [6.07, 6.45) is 4.66. The van der Waals surface area contributed by atoms with Crippen LogP contribution in [-0.4, -0.2) is 84.6 Å². The summed E-state index contributed by atoms with van der Waals surface area (Å²) in [6.45, 7) is 6.30. The third-order valence-corrected chi connectivity index (χ3v) is 10.0. The Kier molecular flexibility index (Phi) is 5.66. The number of carbonyl (C=O) groups excluding carboxylic acids is 3. The lowest BCUT2D eigenvalue weighted by Crippen LogP contribution is -2.69. The molecule has 4 heterocycles. The van der Waals surface area contributed by atoms with E-state index in [4.69, 9.17) is 28.4 Å². The summed E-state index contributed by atoms with van der Waals surface area (Å²) < 4.78 is 35.9. The Hall–Kier alpha value is -2.27. The number of epoxide rings is 2. The van der Waals surface area contributed by atoms with Gasteiger partial charge in [-0.25, -0.2) is 14.4 Å². The van der Waals surface area contributed by atoms with Gasteiger partial charge in [0.15, 0.2) is 6.10 Å². The zero-order chi connectivity index (χ0) is 26.2. The number of allylic oxidation sites excluding steroid dienone is 2. The molecule has 6 rings (SSSR count). The van der Waals surface area contributed by atoms with Crippen LogP contribution in [0.5, 0.6) is 0 Å². The number of aliphatic hydroxyl groups is 1. The molecule has 3 saturated heterocycles. The van der Waals surface area contributed by atoms with Gasteiger partial charge in [0.25, 0.3) is 0 Å². The van der Waals surface area contributed by atoms with E-state index in [1.807, 2.05) is 0 Å². The average Bonchev–Trinajstić information content (AvgIpc) is 3.77. The summed E-state index contributed by atoms with van der Waals surface area (Å²) in [4.78, 5) is 37.7. The van der Waals surface area contributed by atoms with E-state index in [-0.39, 0.29) is 43.5 Å². The lowest BCUT2D eigenvalue weighted by Gasteiger charge is -2.58. The van der Waals surface area contributed by atoms with Crippen molar-refractivity contribution in [1.82, 2.24) is 0 Å². The zero-order valence-electron chi connectivity index (χ0n) is 21.3. The lowest BCUT2D eigenvalue weighted by molar-refractivity contribution is -0.252. The first-order valence-electron chi connectivity index (χ1n) is 13.1. The normalized spacial score (nSPS) is 52.1. The molecule has 0 aromatic carbocycles. The van der Waals surface area contributed by atoms with Crippen molar-refractivity contribution in [3.63, 3.8) is 0 Å². The van der Waals surface area contributed by atoms with E-state index < -0.39 is 52.5 Å². The molecule has 202 valence electrons. The van der Waals surface area contributed by atoms with Crippen LogP contribution in [0.1, 0.15) is 46.5 Å². The van der Waals surface area contributed by atoms with E-state index >= 15 is 0 Å². The number of fused-ring (bicyclic) bond motifs is 2. The van der Waals surface area contributed by atoms with E-state index in [2.05, 4.69) is 13.8 Å². The van der Waals surface area contributed by atoms with Crippen LogP contribution in [0.25, 0.3) is 0 Å². The number of aliphatic hydroxyl groups excluding tert-OH is 1. The minimum atomic E-state index is -1.38. The summed E-state index contributed by atoms with van der Waals surface area (Å²) >= 11 is 0. The molecule has 10 atom stereocenters. The molecule has 0 aromatic rings. The minimum Gasteiger partial charge on any atom is -0.463 e. The fourth-order valence-corrected chi connectivity index (χ4v) is 7.36. The summed E-state index contributed by atoms with van der Waals surface area (Å²) in [5, 5.41) is 10.7. The van der Waals surface area contributed by atoms with Crippen LogP contribution in [0.4, 0.5) is 0 Å². The standard InChI is InChI=1S/C27H34O10/c1-15-8-11-32-18(28)6-4-5-7-19(29)35-16-12-17-27(14-34-27)25(16,3)26(13-33-23(31)20(15)30)10-9-24(2)21(37-24)22(26)36-17/h4-7,15-17,20-22,30H,8-14H2,1-3H3/b6-4+,7-5?. The van der Waals surface area contributed by atoms with E-state index in [0.29, 0.717) is 19.4 Å². The smallest absolute Gasteiger partial charge is 0.335 e. The summed E-state index contributed by atoms with van der Waals surface area (Å²) in [7, 11) is 0. The summed E-state index contributed by atoms with van der Waals surface area (Å²) in [6, 6.07) is 0. The van der Waals surface area contributed by atoms with Crippen LogP contribution in [0.2, 0.25) is 0 Å². The topological polar surface area (TPSA) is 133 Å². The lowest BCUT2D eigenvalue weighted by atomic mass is 9.50. The third kappa shape index (κ3) is 3.56. The summed E-state index contributed by atoms with van der Waals surface area (Å²) in [5.41, 5.74) is -2.40. The Morgan fingerprint density at radius 3 is 2.41 bits per heavy atom. The molecule has 2 saturated carbocycles. The molecule has 10 unspecified atom stereocenters. The third-order valence-electron chi connectivity index (χ3n) is 10.0. The van der Waals surface area contributed by atoms with Crippen molar-refractivity contribution >= 4 is 17.9 Å². The maximum atomic E-state index is 13.0. The molecule has 6 aliphatic rings. The molecule has 10 heteroatoms. The molecule has 37 heavy (non-hydrogen) atoms. The van der Waals surface area contributed by atoms with Gasteiger partial charge in [-0.3, -0.25) is 0 Å². The van der Waals surface area contributed by atoms with Crippen LogP contribution in [0, 0.1) is 16.7 Å². The highest BCUT2D eigenvalue weighted by Gasteiger charge is 2.86. The van der Waals surface area contributed by atoms with Gasteiger partial charge in [-0.1, -0.05) is 26.0 Å². The van der Waals surface area contributed by atoms with Crippen molar-refractivity contribution < 1.29 is 47.9 Å². The van der Waals surface area contributed by atoms with Crippen molar-refractivity contribution in [2.45, 2.75) is 88.2 Å². The van der Waals surface area contributed by atoms with Crippen LogP contribution < -0.4 is 0 Å². The molecule has 2 bridgehead atoms. The Bertz CT molecular complexity index is 1060. The molecule has 0 aromatic heterocycles. The number of rotatable bonds is 0. The molecular formula is C27H34O10. The van der Waals surface area contributed by atoms with Gasteiger partial charge in [0.2, 0.25) is 0 Å². The molecule has 2 spiro atoms.